The van der Waals surface area contributed by atoms with E-state index in [2.05, 4.69) is 10.6 Å². The van der Waals surface area contributed by atoms with Gasteiger partial charge in [0.15, 0.2) is 0 Å². The van der Waals surface area contributed by atoms with Gasteiger partial charge in [0.1, 0.15) is 6.04 Å². The summed E-state index contributed by atoms with van der Waals surface area (Å²) < 4.78 is 0. The largest absolute Gasteiger partial charge is 0.391 e. The van der Waals surface area contributed by atoms with Crippen molar-refractivity contribution in [2.75, 3.05) is 0 Å². The molecule has 18 heavy (non-hydrogen) atoms. The predicted octanol–water partition coefficient (Wildman–Crippen LogP) is 0.345. The lowest BCUT2D eigenvalue weighted by atomic mass is 9.94. The Kier molecular flexibility index (Phi) is 6.11. The summed E-state index contributed by atoms with van der Waals surface area (Å²) >= 11 is 0. The summed E-state index contributed by atoms with van der Waals surface area (Å²) in [5.41, 5.74) is 4.31. The van der Waals surface area contributed by atoms with Crippen molar-refractivity contribution in [1.82, 2.24) is 10.6 Å². The van der Waals surface area contributed by atoms with Crippen LogP contribution in [0, 0.1) is 5.92 Å². The van der Waals surface area contributed by atoms with E-state index in [0.29, 0.717) is 0 Å². The molecule has 0 aromatic carbocycles. The molecule has 0 aromatic heterocycles. The zero-order valence-electron chi connectivity index (χ0n) is 11.8. The Morgan fingerprint density at radius 2 is 1.83 bits per heavy atom. The molecule has 6 heteroatoms. The predicted molar refractivity (Wildman–Crippen MR) is 69.9 cm³/mol. The minimum absolute atomic E-state index is 0.0395. The molecule has 3 amide bonds. The number of nitrogens with two attached hydrogens (primary N) is 1. The number of carbonyl (C=O) groups excluding carboxylic acids is 2. The number of hydrogen-bond acceptors (Lipinski definition) is 3. The van der Waals surface area contributed by atoms with E-state index in [4.69, 9.17) is 5.73 Å². The van der Waals surface area contributed by atoms with Gasteiger partial charge in [-0.15, -0.1) is 0 Å². The lowest BCUT2D eigenvalue weighted by Gasteiger charge is -2.32. The van der Waals surface area contributed by atoms with Crippen molar-refractivity contribution in [3.63, 3.8) is 0 Å². The van der Waals surface area contributed by atoms with E-state index < -0.39 is 23.7 Å². The monoisotopic (exact) mass is 259 g/mol. The molecule has 0 bridgehead atoms. The molecule has 0 heterocycles. The van der Waals surface area contributed by atoms with Crippen LogP contribution in [0.5, 0.6) is 0 Å². The number of hydrogen-bond donors (Lipinski definition) is 4. The third-order valence-electron chi connectivity index (χ3n) is 3.28. The zero-order valence-corrected chi connectivity index (χ0v) is 11.8. The average molecular weight is 259 g/mol. The van der Waals surface area contributed by atoms with E-state index in [-0.39, 0.29) is 11.8 Å². The van der Waals surface area contributed by atoms with Gasteiger partial charge in [-0.05, 0) is 26.7 Å². The van der Waals surface area contributed by atoms with Crippen molar-refractivity contribution >= 4 is 11.9 Å². The van der Waals surface area contributed by atoms with Gasteiger partial charge < -0.3 is 21.5 Å². The van der Waals surface area contributed by atoms with Crippen LogP contribution >= 0.6 is 0 Å². The molecular formula is C12H25N3O3. The highest BCUT2D eigenvalue weighted by atomic mass is 16.3. The first-order valence-corrected chi connectivity index (χ1v) is 6.17. The SMILES string of the molecule is CCC(C)C(NC(N)=O)C(=O)NC(C)(C)C(C)O. The quantitative estimate of drug-likeness (QED) is 0.553. The van der Waals surface area contributed by atoms with Crippen molar-refractivity contribution in [3.05, 3.63) is 0 Å². The van der Waals surface area contributed by atoms with Crippen LogP contribution in [0.3, 0.4) is 0 Å². The van der Waals surface area contributed by atoms with E-state index in [1.54, 1.807) is 20.8 Å². The van der Waals surface area contributed by atoms with Crippen LogP contribution < -0.4 is 16.4 Å². The molecule has 0 aliphatic carbocycles. The lowest BCUT2D eigenvalue weighted by molar-refractivity contribution is -0.127. The van der Waals surface area contributed by atoms with E-state index in [9.17, 15) is 14.7 Å². The fourth-order valence-corrected chi connectivity index (χ4v) is 1.35. The third kappa shape index (κ3) is 4.91. The van der Waals surface area contributed by atoms with Crippen LogP contribution in [0.1, 0.15) is 41.0 Å². The molecule has 0 aromatic rings. The summed E-state index contributed by atoms with van der Waals surface area (Å²) in [6.45, 7) is 8.81. The van der Waals surface area contributed by atoms with E-state index in [0.717, 1.165) is 6.42 Å². The number of aliphatic hydroxyl groups excluding tert-OH is 1. The van der Waals surface area contributed by atoms with Crippen molar-refractivity contribution in [3.8, 4) is 0 Å². The number of rotatable bonds is 6. The van der Waals surface area contributed by atoms with E-state index in [1.165, 1.54) is 0 Å². The number of amides is 3. The maximum absolute atomic E-state index is 12.1. The van der Waals surface area contributed by atoms with Crippen molar-refractivity contribution in [1.29, 1.82) is 0 Å². The molecule has 0 spiro atoms. The lowest BCUT2D eigenvalue weighted by Crippen LogP contribution is -2.59. The van der Waals surface area contributed by atoms with E-state index >= 15 is 0 Å². The van der Waals surface area contributed by atoms with Crippen LogP contribution in [0.25, 0.3) is 0 Å². The smallest absolute Gasteiger partial charge is 0.312 e. The Bertz CT molecular complexity index is 303. The fourth-order valence-electron chi connectivity index (χ4n) is 1.35. The van der Waals surface area contributed by atoms with Crippen LogP contribution in [-0.4, -0.2) is 34.7 Å². The first-order valence-electron chi connectivity index (χ1n) is 6.17. The second-order valence-corrected chi connectivity index (χ2v) is 5.26. The minimum Gasteiger partial charge on any atom is -0.391 e. The number of urea groups is 1. The van der Waals surface area contributed by atoms with Crippen LogP contribution in [0.2, 0.25) is 0 Å². The zero-order chi connectivity index (χ0) is 14.5. The van der Waals surface area contributed by atoms with Gasteiger partial charge in [0.05, 0.1) is 11.6 Å². The molecular weight excluding hydrogens is 234 g/mol. The molecule has 0 fully saturated rings. The highest BCUT2D eigenvalue weighted by Gasteiger charge is 2.32. The molecule has 3 atom stereocenters. The highest BCUT2D eigenvalue weighted by Crippen LogP contribution is 2.12. The average Bonchev–Trinajstić information content (AvgIpc) is 2.23. The second kappa shape index (κ2) is 6.58. The maximum Gasteiger partial charge on any atom is 0.312 e. The summed E-state index contributed by atoms with van der Waals surface area (Å²) in [6, 6.07) is -1.42. The molecule has 106 valence electrons. The maximum atomic E-state index is 12.1. The summed E-state index contributed by atoms with van der Waals surface area (Å²) in [7, 11) is 0. The molecule has 0 saturated heterocycles. The molecule has 0 saturated carbocycles. The van der Waals surface area contributed by atoms with Gasteiger partial charge in [-0.25, -0.2) is 4.79 Å². The van der Waals surface area contributed by atoms with Crippen molar-refractivity contribution < 1.29 is 14.7 Å². The summed E-state index contributed by atoms with van der Waals surface area (Å²) in [5, 5.41) is 14.7. The third-order valence-corrected chi connectivity index (χ3v) is 3.28. The van der Waals surface area contributed by atoms with E-state index in [1.807, 2.05) is 13.8 Å². The Balaban J connectivity index is 4.81. The summed E-state index contributed by atoms with van der Waals surface area (Å²) in [6.07, 6.45) is 0.0284. The van der Waals surface area contributed by atoms with Crippen LogP contribution in [0.4, 0.5) is 4.79 Å². The van der Waals surface area contributed by atoms with Gasteiger partial charge in [-0.3, -0.25) is 4.79 Å². The van der Waals surface area contributed by atoms with Crippen molar-refractivity contribution in [2.24, 2.45) is 11.7 Å². The second-order valence-electron chi connectivity index (χ2n) is 5.26. The topological polar surface area (TPSA) is 104 Å². The molecule has 0 aliphatic heterocycles. The Labute approximate surface area is 108 Å². The Morgan fingerprint density at radius 1 is 1.33 bits per heavy atom. The Morgan fingerprint density at radius 3 is 2.17 bits per heavy atom. The van der Waals surface area contributed by atoms with Crippen LogP contribution in [0.15, 0.2) is 0 Å². The van der Waals surface area contributed by atoms with Gasteiger partial charge in [-0.1, -0.05) is 20.3 Å². The Hall–Kier alpha value is -1.30. The normalized spacial score (nSPS) is 16.6. The minimum atomic E-state index is -0.762. The summed E-state index contributed by atoms with van der Waals surface area (Å²) in [5.74, 6) is -0.378. The molecule has 6 nitrogen and oxygen atoms in total. The first-order chi connectivity index (χ1) is 8.11. The van der Waals surface area contributed by atoms with Gasteiger partial charge >= 0.3 is 6.03 Å². The van der Waals surface area contributed by atoms with Crippen molar-refractivity contribution in [2.45, 2.75) is 58.7 Å². The van der Waals surface area contributed by atoms with Gasteiger partial charge in [0.25, 0.3) is 0 Å². The molecule has 0 radical (unpaired) electrons. The van der Waals surface area contributed by atoms with Gasteiger partial charge in [0.2, 0.25) is 5.91 Å². The highest BCUT2D eigenvalue weighted by molar-refractivity contribution is 5.87. The fraction of sp³-hybridized carbons (Fsp3) is 0.833. The number of carbonyl (C=O) groups is 2. The van der Waals surface area contributed by atoms with Crippen LogP contribution in [-0.2, 0) is 4.79 Å². The molecule has 5 N–H and O–H groups in total. The summed E-state index contributed by atoms with van der Waals surface area (Å²) in [4.78, 5) is 23.0. The number of aliphatic hydroxyl groups is 1. The molecule has 3 unspecified atom stereocenters. The standard InChI is InChI=1S/C12H25N3O3/c1-6-7(2)9(14-11(13)18)10(17)15-12(4,5)8(3)16/h7-9,16H,6H2,1-5H3,(H,15,17)(H3,13,14,18). The van der Waals surface area contributed by atoms with Gasteiger partial charge in [0, 0.05) is 0 Å². The molecule has 0 rings (SSSR count). The number of primary amides is 1. The first kappa shape index (κ1) is 16.7. The number of nitrogens with one attached hydrogen (secondary N) is 2. The molecule has 0 aliphatic rings. The van der Waals surface area contributed by atoms with Gasteiger partial charge in [-0.2, -0.15) is 0 Å².